The number of carboxylic acid groups (broad SMARTS) is 1. The Bertz CT molecular complexity index is 1390. The van der Waals surface area contributed by atoms with Crippen molar-refractivity contribution in [3.63, 3.8) is 0 Å². The summed E-state index contributed by atoms with van der Waals surface area (Å²) in [6, 6.07) is 9.35. The number of carbonyl (C=O) groups is 4. The molecule has 0 saturated carbocycles. The normalized spacial score (nSPS) is 14.1. The quantitative estimate of drug-likeness (QED) is 0.113. The number of hydrogen-bond donors (Lipinski definition) is 8. The molecule has 0 aliphatic carbocycles. The van der Waals surface area contributed by atoms with Gasteiger partial charge in [0.25, 0.3) is 0 Å². The van der Waals surface area contributed by atoms with Crippen molar-refractivity contribution in [2.45, 2.75) is 70.1 Å². The molecule has 2 aromatic carbocycles. The molecule has 0 radical (unpaired) electrons. The lowest BCUT2D eigenvalue weighted by molar-refractivity contribution is -0.142. The van der Waals surface area contributed by atoms with E-state index in [2.05, 4.69) is 20.9 Å². The van der Waals surface area contributed by atoms with Gasteiger partial charge in [-0.3, -0.25) is 14.4 Å². The summed E-state index contributed by atoms with van der Waals surface area (Å²) in [6.45, 7) is 3.97. The van der Waals surface area contributed by atoms with Gasteiger partial charge in [0.05, 0.1) is 6.04 Å². The minimum absolute atomic E-state index is 0.0468. The molecule has 4 atom stereocenters. The number of carbonyl (C=O) groups excluding carboxylic acids is 3. The number of aromatic hydroxyl groups is 1. The van der Waals surface area contributed by atoms with Crippen LogP contribution < -0.4 is 27.4 Å². The smallest absolute Gasteiger partial charge is 0.326 e. The van der Waals surface area contributed by atoms with Gasteiger partial charge in [-0.2, -0.15) is 0 Å². The Balaban J connectivity index is 1.90. The average Bonchev–Trinajstić information content (AvgIpc) is 3.39. The van der Waals surface area contributed by atoms with Crippen LogP contribution in [0.25, 0.3) is 10.9 Å². The number of aromatic nitrogens is 1. The summed E-state index contributed by atoms with van der Waals surface area (Å²) in [4.78, 5) is 55.3. The van der Waals surface area contributed by atoms with Crippen molar-refractivity contribution in [2.75, 3.05) is 6.54 Å². The molecule has 1 aromatic heterocycles. The first-order valence-corrected chi connectivity index (χ1v) is 14.4. The van der Waals surface area contributed by atoms with Crippen molar-refractivity contribution in [1.29, 1.82) is 0 Å². The lowest BCUT2D eigenvalue weighted by Crippen LogP contribution is -2.58. The number of phenols is 1. The van der Waals surface area contributed by atoms with Crippen LogP contribution in [0, 0.1) is 5.92 Å². The molecule has 0 bridgehead atoms. The van der Waals surface area contributed by atoms with Gasteiger partial charge in [-0.1, -0.05) is 44.2 Å². The van der Waals surface area contributed by atoms with Gasteiger partial charge in [-0.05, 0) is 61.1 Å². The number of nitrogens with two attached hydrogens (primary N) is 2. The second-order valence-electron chi connectivity index (χ2n) is 11.0. The number of unbranched alkanes of at least 4 members (excludes halogenated alkanes) is 1. The van der Waals surface area contributed by atoms with Crippen molar-refractivity contribution in [2.24, 2.45) is 17.4 Å². The Morgan fingerprint density at radius 3 is 2.07 bits per heavy atom. The first-order chi connectivity index (χ1) is 20.5. The Labute approximate surface area is 250 Å². The predicted molar refractivity (Wildman–Crippen MR) is 163 cm³/mol. The maximum atomic E-state index is 13.7. The van der Waals surface area contributed by atoms with Crippen LogP contribution in [0.4, 0.5) is 0 Å². The van der Waals surface area contributed by atoms with E-state index in [0.717, 1.165) is 16.5 Å². The summed E-state index contributed by atoms with van der Waals surface area (Å²) in [5.41, 5.74) is 13.8. The van der Waals surface area contributed by atoms with E-state index in [0.29, 0.717) is 24.9 Å². The number of fused-ring (bicyclic) bond motifs is 1. The summed E-state index contributed by atoms with van der Waals surface area (Å²) >= 11 is 0. The molecule has 3 aromatic rings. The molecule has 43 heavy (non-hydrogen) atoms. The lowest BCUT2D eigenvalue weighted by atomic mass is 10.00. The van der Waals surface area contributed by atoms with Crippen LogP contribution in [0.3, 0.4) is 0 Å². The molecule has 4 unspecified atom stereocenters. The Morgan fingerprint density at radius 1 is 0.837 bits per heavy atom. The minimum atomic E-state index is -1.19. The fraction of sp³-hybridized carbons (Fsp3) is 0.419. The SMILES string of the molecule is CC(C)C(N)C(=O)NC(Cc1ccc(O)cc1)C(=O)NC(Cc1c[nH]c2ccccc12)C(=O)NC(CCCCN)C(=O)O. The van der Waals surface area contributed by atoms with Crippen LogP contribution >= 0.6 is 0 Å². The number of H-pyrrole nitrogens is 1. The van der Waals surface area contributed by atoms with Gasteiger partial charge in [0.15, 0.2) is 0 Å². The van der Waals surface area contributed by atoms with Gasteiger partial charge in [0.2, 0.25) is 17.7 Å². The summed E-state index contributed by atoms with van der Waals surface area (Å²) in [5, 5.41) is 28.3. The standard InChI is InChI=1S/C31H42N6O6/c1-18(2)27(33)30(41)37-25(15-19-10-12-21(38)13-11-19)28(39)36-26(16-20-17-34-23-8-4-3-7-22(20)23)29(40)35-24(31(42)43)9-5-6-14-32/h3-4,7-8,10-13,17-18,24-27,34,38H,5-6,9,14-16,32-33H2,1-2H3,(H,35,40)(H,36,39)(H,37,41)(H,42,43). The molecule has 0 saturated heterocycles. The number of carboxylic acids is 1. The second kappa shape index (κ2) is 15.7. The van der Waals surface area contributed by atoms with E-state index >= 15 is 0 Å². The van der Waals surface area contributed by atoms with E-state index in [4.69, 9.17) is 11.5 Å². The van der Waals surface area contributed by atoms with Gasteiger partial charge < -0.3 is 42.6 Å². The molecule has 1 heterocycles. The van der Waals surface area contributed by atoms with E-state index in [1.165, 1.54) is 12.1 Å². The number of aromatic amines is 1. The van der Waals surface area contributed by atoms with Crippen molar-refractivity contribution in [3.8, 4) is 5.75 Å². The molecule has 10 N–H and O–H groups in total. The highest BCUT2D eigenvalue weighted by molar-refractivity contribution is 5.95. The third-order valence-electron chi connectivity index (χ3n) is 7.32. The number of para-hydroxylation sites is 1. The highest BCUT2D eigenvalue weighted by Gasteiger charge is 2.31. The molecule has 232 valence electrons. The summed E-state index contributed by atoms with van der Waals surface area (Å²) in [6.07, 6.45) is 3.14. The highest BCUT2D eigenvalue weighted by atomic mass is 16.4. The van der Waals surface area contributed by atoms with E-state index < -0.39 is 47.9 Å². The van der Waals surface area contributed by atoms with Gasteiger partial charge in [-0.25, -0.2) is 4.79 Å². The number of rotatable bonds is 16. The monoisotopic (exact) mass is 594 g/mol. The molecule has 0 aliphatic heterocycles. The number of amides is 3. The van der Waals surface area contributed by atoms with Gasteiger partial charge in [-0.15, -0.1) is 0 Å². The predicted octanol–water partition coefficient (Wildman–Crippen LogP) is 1.31. The first kappa shape index (κ1) is 33.1. The zero-order chi connectivity index (χ0) is 31.5. The topological polar surface area (TPSA) is 213 Å². The molecule has 3 amide bonds. The van der Waals surface area contributed by atoms with E-state index in [9.17, 15) is 29.4 Å². The third-order valence-corrected chi connectivity index (χ3v) is 7.32. The second-order valence-corrected chi connectivity index (χ2v) is 11.0. The van der Waals surface area contributed by atoms with Crippen LogP contribution in [0.1, 0.15) is 44.2 Å². The van der Waals surface area contributed by atoms with Crippen molar-refractivity contribution >= 4 is 34.6 Å². The summed E-state index contributed by atoms with van der Waals surface area (Å²) in [5.74, 6) is -3.18. The van der Waals surface area contributed by atoms with Crippen molar-refractivity contribution in [1.82, 2.24) is 20.9 Å². The van der Waals surface area contributed by atoms with Gasteiger partial charge in [0.1, 0.15) is 23.9 Å². The van der Waals surface area contributed by atoms with Crippen molar-refractivity contribution in [3.05, 3.63) is 65.9 Å². The molecule has 12 nitrogen and oxygen atoms in total. The van der Waals surface area contributed by atoms with Crippen LogP contribution in [-0.4, -0.2) is 69.6 Å². The van der Waals surface area contributed by atoms with E-state index in [1.807, 2.05) is 24.3 Å². The molecule has 3 rings (SSSR count). The largest absolute Gasteiger partial charge is 0.508 e. The van der Waals surface area contributed by atoms with Crippen LogP contribution in [0.5, 0.6) is 5.75 Å². The Kier molecular flexibility index (Phi) is 12.1. The van der Waals surface area contributed by atoms with Gasteiger partial charge >= 0.3 is 5.97 Å². The van der Waals surface area contributed by atoms with Crippen LogP contribution in [0.2, 0.25) is 0 Å². The highest BCUT2D eigenvalue weighted by Crippen LogP contribution is 2.20. The molecule has 0 spiro atoms. The Hall–Kier alpha value is -4.42. The number of aliphatic carboxylic acids is 1. The van der Waals surface area contributed by atoms with Crippen LogP contribution in [-0.2, 0) is 32.0 Å². The molecule has 0 fully saturated rings. The molecular formula is C31H42N6O6. The summed E-state index contributed by atoms with van der Waals surface area (Å²) in [7, 11) is 0. The zero-order valence-electron chi connectivity index (χ0n) is 24.5. The number of hydrogen-bond acceptors (Lipinski definition) is 7. The minimum Gasteiger partial charge on any atom is -0.508 e. The van der Waals surface area contributed by atoms with Crippen LogP contribution in [0.15, 0.2) is 54.7 Å². The molecule has 12 heteroatoms. The van der Waals surface area contributed by atoms with Gasteiger partial charge in [0, 0.05) is 29.9 Å². The Morgan fingerprint density at radius 2 is 1.44 bits per heavy atom. The maximum absolute atomic E-state index is 13.7. The number of benzene rings is 2. The number of phenolic OH excluding ortho intramolecular Hbond substituents is 1. The fourth-order valence-electron chi connectivity index (χ4n) is 4.67. The van der Waals surface area contributed by atoms with Crippen molar-refractivity contribution < 1.29 is 29.4 Å². The average molecular weight is 595 g/mol. The third kappa shape index (κ3) is 9.55. The van der Waals surface area contributed by atoms with E-state index in [-0.39, 0.29) is 30.9 Å². The molecular weight excluding hydrogens is 552 g/mol. The fourth-order valence-corrected chi connectivity index (χ4v) is 4.67. The lowest BCUT2D eigenvalue weighted by Gasteiger charge is -2.26. The first-order valence-electron chi connectivity index (χ1n) is 14.4. The summed E-state index contributed by atoms with van der Waals surface area (Å²) < 4.78 is 0. The zero-order valence-corrected chi connectivity index (χ0v) is 24.5. The molecule has 0 aliphatic rings. The number of nitrogens with one attached hydrogen (secondary N) is 4. The van der Waals surface area contributed by atoms with E-state index in [1.54, 1.807) is 32.2 Å². The maximum Gasteiger partial charge on any atom is 0.326 e.